The number of hydrogen-bond acceptors (Lipinski definition) is 5. The minimum absolute atomic E-state index is 0.283. The quantitative estimate of drug-likeness (QED) is 0.612. The molecule has 0 unspecified atom stereocenters. The summed E-state index contributed by atoms with van der Waals surface area (Å²) in [5.74, 6) is -2.99. The predicted octanol–water partition coefficient (Wildman–Crippen LogP) is 1.79. The second-order valence-corrected chi connectivity index (χ2v) is 5.95. The molecule has 2 aromatic rings. The number of benzene rings is 1. The van der Waals surface area contributed by atoms with Gasteiger partial charge in [0.15, 0.2) is 5.75 Å². The molecule has 0 saturated heterocycles. The number of halogens is 4. The van der Waals surface area contributed by atoms with Gasteiger partial charge in [0.05, 0.1) is 26.9 Å². The van der Waals surface area contributed by atoms with Crippen LogP contribution in [0.25, 0.3) is 5.69 Å². The fraction of sp³-hybridized carbons (Fsp3) is 0.0714. The number of rotatable bonds is 1. The second-order valence-electron chi connectivity index (χ2n) is 5.10. The molecular weight excluding hydrogens is 411 g/mol. The number of hydrogen-bond donors (Lipinski definition) is 3. The van der Waals surface area contributed by atoms with Gasteiger partial charge in [0.1, 0.15) is 5.82 Å². The summed E-state index contributed by atoms with van der Waals surface area (Å²) in [6.07, 6.45) is -4.76. The molecule has 3 rings (SSSR count). The van der Waals surface area contributed by atoms with Crippen molar-refractivity contribution in [3.63, 3.8) is 0 Å². The number of pyridine rings is 1. The van der Waals surface area contributed by atoms with Crippen LogP contribution in [0.5, 0.6) is 5.75 Å². The number of alkyl halides is 3. The number of aromatic nitrogens is 1. The van der Waals surface area contributed by atoms with E-state index in [0.717, 1.165) is 6.07 Å². The number of nitrogens with zero attached hydrogens (tertiary/aromatic N) is 1. The van der Waals surface area contributed by atoms with Crippen molar-refractivity contribution in [2.75, 3.05) is 5.73 Å². The number of anilines is 1. The Balaban J connectivity index is 2.38. The molecule has 130 valence electrons. The van der Waals surface area contributed by atoms with Crippen LogP contribution in [0.4, 0.5) is 19.0 Å². The van der Waals surface area contributed by atoms with Gasteiger partial charge in [-0.1, -0.05) is 0 Å². The molecule has 25 heavy (non-hydrogen) atoms. The number of amides is 2. The van der Waals surface area contributed by atoms with E-state index >= 15 is 0 Å². The first kappa shape index (κ1) is 17.0. The summed E-state index contributed by atoms with van der Waals surface area (Å²) in [5, 5.41) is 12.0. The van der Waals surface area contributed by atoms with Crippen molar-refractivity contribution in [3.8, 4) is 11.4 Å². The predicted molar refractivity (Wildman–Crippen MR) is 82.6 cm³/mol. The summed E-state index contributed by atoms with van der Waals surface area (Å²) in [6.45, 7) is 0. The lowest BCUT2D eigenvalue weighted by molar-refractivity contribution is -0.137. The van der Waals surface area contributed by atoms with Crippen LogP contribution in [0.1, 0.15) is 26.3 Å². The summed E-state index contributed by atoms with van der Waals surface area (Å²) in [6, 6.07) is 1.90. The molecule has 2 heterocycles. The summed E-state index contributed by atoms with van der Waals surface area (Å²) in [4.78, 5) is 35.6. The van der Waals surface area contributed by atoms with Crippen molar-refractivity contribution in [3.05, 3.63) is 49.7 Å². The van der Waals surface area contributed by atoms with Crippen LogP contribution < -0.4 is 16.6 Å². The van der Waals surface area contributed by atoms with Crippen LogP contribution in [0.3, 0.4) is 0 Å². The third-order valence-corrected chi connectivity index (χ3v) is 4.17. The summed E-state index contributed by atoms with van der Waals surface area (Å²) in [5.41, 5.74) is 2.39. The maximum absolute atomic E-state index is 13.0. The molecule has 11 heteroatoms. The smallest absolute Gasteiger partial charge is 0.416 e. The number of phenolic OH excluding ortho intramolecular Hbond substituents is 1. The number of carbonyl (C=O) groups excluding carboxylic acids is 2. The van der Waals surface area contributed by atoms with Crippen LogP contribution in [-0.4, -0.2) is 21.5 Å². The SMILES string of the molecule is Nc1c2c(cc(=O)n1-c1cc(C(F)(F)F)cc(Br)c1O)C(=O)NC2=O. The highest BCUT2D eigenvalue weighted by Gasteiger charge is 2.35. The Labute approximate surface area is 145 Å². The van der Waals surface area contributed by atoms with E-state index in [1.54, 1.807) is 0 Å². The minimum atomic E-state index is -4.76. The number of carbonyl (C=O) groups is 2. The molecule has 0 radical (unpaired) electrons. The lowest BCUT2D eigenvalue weighted by Gasteiger charge is -2.16. The van der Waals surface area contributed by atoms with Crippen molar-refractivity contribution in [2.45, 2.75) is 6.18 Å². The first-order valence-corrected chi connectivity index (χ1v) is 7.33. The largest absolute Gasteiger partial charge is 0.505 e. The van der Waals surface area contributed by atoms with Gasteiger partial charge in [-0.05, 0) is 28.1 Å². The van der Waals surface area contributed by atoms with Gasteiger partial charge in [0.25, 0.3) is 17.4 Å². The van der Waals surface area contributed by atoms with Crippen LogP contribution in [-0.2, 0) is 6.18 Å². The molecule has 0 spiro atoms. The zero-order valence-corrected chi connectivity index (χ0v) is 13.5. The molecule has 1 aromatic carbocycles. The number of imide groups is 1. The van der Waals surface area contributed by atoms with E-state index in [4.69, 9.17) is 5.73 Å². The molecule has 0 saturated carbocycles. The molecule has 0 bridgehead atoms. The molecule has 4 N–H and O–H groups in total. The lowest BCUT2D eigenvalue weighted by atomic mass is 10.1. The molecule has 0 fully saturated rings. The Bertz CT molecular complexity index is 1010. The fourth-order valence-electron chi connectivity index (χ4n) is 2.45. The van der Waals surface area contributed by atoms with Gasteiger partial charge in [0, 0.05) is 6.07 Å². The molecule has 0 atom stereocenters. The van der Waals surface area contributed by atoms with Gasteiger partial charge in [-0.25, -0.2) is 0 Å². The number of aromatic hydroxyl groups is 1. The van der Waals surface area contributed by atoms with Crippen molar-refractivity contribution in [1.29, 1.82) is 0 Å². The van der Waals surface area contributed by atoms with Crippen LogP contribution in [0, 0.1) is 0 Å². The molecule has 1 aromatic heterocycles. The molecule has 1 aliphatic heterocycles. The Morgan fingerprint density at radius 1 is 1.12 bits per heavy atom. The first-order chi connectivity index (χ1) is 11.5. The van der Waals surface area contributed by atoms with Crippen molar-refractivity contribution >= 4 is 33.6 Å². The summed E-state index contributed by atoms with van der Waals surface area (Å²) >= 11 is 2.78. The average Bonchev–Trinajstić information content (AvgIpc) is 2.76. The zero-order chi connectivity index (χ0) is 18.7. The third kappa shape index (κ3) is 2.56. The van der Waals surface area contributed by atoms with Crippen molar-refractivity contribution < 1.29 is 27.9 Å². The zero-order valence-electron chi connectivity index (χ0n) is 11.9. The van der Waals surface area contributed by atoms with Crippen molar-refractivity contribution in [1.82, 2.24) is 9.88 Å². The maximum atomic E-state index is 13.0. The highest BCUT2D eigenvalue weighted by atomic mass is 79.9. The number of phenols is 1. The van der Waals surface area contributed by atoms with Gasteiger partial charge in [-0.3, -0.25) is 24.3 Å². The first-order valence-electron chi connectivity index (χ1n) is 6.53. The monoisotopic (exact) mass is 417 g/mol. The van der Waals surface area contributed by atoms with E-state index in [2.05, 4.69) is 15.9 Å². The van der Waals surface area contributed by atoms with Gasteiger partial charge in [-0.15, -0.1) is 0 Å². The van der Waals surface area contributed by atoms with E-state index in [0.29, 0.717) is 16.7 Å². The highest BCUT2D eigenvalue weighted by Crippen LogP contribution is 2.39. The van der Waals surface area contributed by atoms with Gasteiger partial charge in [-0.2, -0.15) is 13.2 Å². The lowest BCUT2D eigenvalue weighted by Crippen LogP contribution is -2.24. The third-order valence-electron chi connectivity index (χ3n) is 3.56. The Kier molecular flexibility index (Phi) is 3.64. The Hall–Kier alpha value is -2.82. The topological polar surface area (TPSA) is 114 Å². The Morgan fingerprint density at radius 3 is 2.36 bits per heavy atom. The molecule has 7 nitrogen and oxygen atoms in total. The van der Waals surface area contributed by atoms with E-state index < -0.39 is 46.4 Å². The van der Waals surface area contributed by atoms with E-state index in [-0.39, 0.29) is 15.6 Å². The molecular formula is C14H7BrF3N3O4. The van der Waals surface area contributed by atoms with E-state index in [9.17, 15) is 32.7 Å². The van der Waals surface area contributed by atoms with Gasteiger partial charge < -0.3 is 10.8 Å². The molecule has 2 amide bonds. The number of nitrogen functional groups attached to an aromatic ring is 1. The average molecular weight is 418 g/mol. The summed E-state index contributed by atoms with van der Waals surface area (Å²) < 4.78 is 39.2. The normalized spacial score (nSPS) is 13.8. The van der Waals surface area contributed by atoms with Crippen LogP contribution >= 0.6 is 15.9 Å². The number of fused-ring (bicyclic) bond motifs is 1. The van der Waals surface area contributed by atoms with E-state index in [1.807, 2.05) is 5.32 Å². The maximum Gasteiger partial charge on any atom is 0.416 e. The van der Waals surface area contributed by atoms with Gasteiger partial charge in [0.2, 0.25) is 0 Å². The van der Waals surface area contributed by atoms with E-state index in [1.165, 1.54) is 0 Å². The Morgan fingerprint density at radius 2 is 1.76 bits per heavy atom. The van der Waals surface area contributed by atoms with Crippen LogP contribution in [0.15, 0.2) is 27.5 Å². The fourth-order valence-corrected chi connectivity index (χ4v) is 2.90. The number of nitrogens with one attached hydrogen (secondary N) is 1. The standard InChI is InChI=1S/C14H7BrF3N3O4/c15-6-1-4(14(16,17)18)2-7(10(6)23)21-8(22)3-5-9(11(21)19)13(25)20-12(5)24/h1-3,23H,19H2,(H,20,24,25). The minimum Gasteiger partial charge on any atom is -0.505 e. The van der Waals surface area contributed by atoms with Crippen molar-refractivity contribution in [2.24, 2.45) is 0 Å². The van der Waals surface area contributed by atoms with Crippen LogP contribution in [0.2, 0.25) is 0 Å². The molecule has 0 aliphatic carbocycles. The number of nitrogens with two attached hydrogens (primary N) is 1. The molecule has 1 aliphatic rings. The van der Waals surface area contributed by atoms with Gasteiger partial charge >= 0.3 is 6.18 Å². The highest BCUT2D eigenvalue weighted by molar-refractivity contribution is 9.10. The second kappa shape index (κ2) is 5.34. The summed E-state index contributed by atoms with van der Waals surface area (Å²) in [7, 11) is 0.